The van der Waals surface area contributed by atoms with Crippen LogP contribution in [0.15, 0.2) is 53.3 Å². The molecule has 0 amide bonds. The first-order valence-corrected chi connectivity index (χ1v) is 6.67. The summed E-state index contributed by atoms with van der Waals surface area (Å²) in [7, 11) is 3.98. The minimum absolute atomic E-state index is 0.145. The summed E-state index contributed by atoms with van der Waals surface area (Å²) in [6.07, 6.45) is 0. The van der Waals surface area contributed by atoms with Crippen LogP contribution in [0.2, 0.25) is 0 Å². The second kappa shape index (κ2) is 5.28. The molecule has 5 heteroatoms. The Hall–Kier alpha value is -2.82. The molecule has 2 N–H and O–H groups in total. The molecule has 3 aromatic rings. The van der Waals surface area contributed by atoms with Crippen LogP contribution in [0.3, 0.4) is 0 Å². The summed E-state index contributed by atoms with van der Waals surface area (Å²) in [5.74, 6) is 0.441. The Balaban J connectivity index is 1.92. The molecule has 2 aromatic carbocycles. The molecule has 0 fully saturated rings. The highest BCUT2D eigenvalue weighted by atomic mass is 16.1. The standard InChI is InChI=1S/C16H16N4O/c1-20(2)12-9-7-11(8-10-12)17-16-18-14-6-4-3-5-13(14)15(21)19-16/h3-10H,1-2H3,(H2,17,18,19,21). The summed E-state index contributed by atoms with van der Waals surface area (Å²) in [5.41, 5.74) is 2.52. The van der Waals surface area contributed by atoms with Crippen LogP contribution in [0.1, 0.15) is 0 Å². The molecule has 0 aliphatic carbocycles. The first kappa shape index (κ1) is 13.2. The fourth-order valence-corrected chi connectivity index (χ4v) is 2.13. The van der Waals surface area contributed by atoms with Gasteiger partial charge in [-0.05, 0) is 36.4 Å². The third-order valence-corrected chi connectivity index (χ3v) is 3.26. The van der Waals surface area contributed by atoms with Crippen LogP contribution in [-0.2, 0) is 0 Å². The van der Waals surface area contributed by atoms with Gasteiger partial charge in [-0.3, -0.25) is 9.78 Å². The van der Waals surface area contributed by atoms with E-state index in [0.717, 1.165) is 11.4 Å². The monoisotopic (exact) mass is 280 g/mol. The molecule has 0 atom stereocenters. The number of para-hydroxylation sites is 1. The van der Waals surface area contributed by atoms with Crippen molar-refractivity contribution in [3.63, 3.8) is 0 Å². The van der Waals surface area contributed by atoms with Gasteiger partial charge in [0.25, 0.3) is 5.56 Å². The van der Waals surface area contributed by atoms with Crippen molar-refractivity contribution in [2.24, 2.45) is 0 Å². The zero-order valence-corrected chi connectivity index (χ0v) is 11.9. The van der Waals surface area contributed by atoms with Crippen LogP contribution >= 0.6 is 0 Å². The molecule has 21 heavy (non-hydrogen) atoms. The minimum Gasteiger partial charge on any atom is -0.378 e. The van der Waals surface area contributed by atoms with E-state index in [-0.39, 0.29) is 5.56 Å². The number of benzene rings is 2. The number of nitrogens with zero attached hydrogens (tertiary/aromatic N) is 2. The molecule has 0 unspecified atom stereocenters. The van der Waals surface area contributed by atoms with Crippen LogP contribution in [0.4, 0.5) is 17.3 Å². The van der Waals surface area contributed by atoms with E-state index in [4.69, 9.17) is 0 Å². The van der Waals surface area contributed by atoms with Crippen LogP contribution in [0, 0.1) is 0 Å². The highest BCUT2D eigenvalue weighted by Gasteiger charge is 2.03. The van der Waals surface area contributed by atoms with E-state index >= 15 is 0 Å². The Bertz CT molecular complexity index is 822. The van der Waals surface area contributed by atoms with Gasteiger partial charge in [0.15, 0.2) is 0 Å². The number of hydrogen-bond acceptors (Lipinski definition) is 4. The number of H-pyrrole nitrogens is 1. The molecule has 0 radical (unpaired) electrons. The third-order valence-electron chi connectivity index (χ3n) is 3.26. The van der Waals surface area contributed by atoms with Crippen LogP contribution < -0.4 is 15.8 Å². The first-order valence-electron chi connectivity index (χ1n) is 6.67. The summed E-state index contributed by atoms with van der Waals surface area (Å²) in [6, 6.07) is 15.2. The maximum atomic E-state index is 12.0. The zero-order valence-electron chi connectivity index (χ0n) is 11.9. The summed E-state index contributed by atoms with van der Waals surface area (Å²) in [6.45, 7) is 0. The normalized spacial score (nSPS) is 10.6. The second-order valence-electron chi connectivity index (χ2n) is 5.00. The second-order valence-corrected chi connectivity index (χ2v) is 5.00. The lowest BCUT2D eigenvalue weighted by atomic mass is 10.2. The maximum Gasteiger partial charge on any atom is 0.260 e. The van der Waals surface area contributed by atoms with E-state index in [1.54, 1.807) is 6.07 Å². The number of anilines is 3. The van der Waals surface area contributed by atoms with Crippen molar-refractivity contribution in [1.82, 2.24) is 9.97 Å². The van der Waals surface area contributed by atoms with E-state index in [0.29, 0.717) is 16.9 Å². The molecule has 0 saturated heterocycles. The fourth-order valence-electron chi connectivity index (χ4n) is 2.13. The highest BCUT2D eigenvalue weighted by molar-refractivity contribution is 5.78. The van der Waals surface area contributed by atoms with E-state index in [1.165, 1.54) is 0 Å². The summed E-state index contributed by atoms with van der Waals surface area (Å²) < 4.78 is 0. The molecule has 3 rings (SSSR count). The van der Waals surface area contributed by atoms with Gasteiger partial charge in [0, 0.05) is 25.5 Å². The lowest BCUT2D eigenvalue weighted by Gasteiger charge is -2.13. The Labute approximate surface area is 122 Å². The molecule has 5 nitrogen and oxygen atoms in total. The van der Waals surface area contributed by atoms with Crippen molar-refractivity contribution in [3.05, 3.63) is 58.9 Å². The van der Waals surface area contributed by atoms with Gasteiger partial charge in [-0.1, -0.05) is 12.1 Å². The van der Waals surface area contributed by atoms with E-state index in [2.05, 4.69) is 15.3 Å². The van der Waals surface area contributed by atoms with Gasteiger partial charge in [-0.25, -0.2) is 4.98 Å². The minimum atomic E-state index is -0.145. The number of hydrogen-bond donors (Lipinski definition) is 2. The summed E-state index contributed by atoms with van der Waals surface area (Å²) in [4.78, 5) is 21.2. The van der Waals surface area contributed by atoms with Gasteiger partial charge in [-0.15, -0.1) is 0 Å². The van der Waals surface area contributed by atoms with Gasteiger partial charge in [0.05, 0.1) is 10.9 Å². The summed E-state index contributed by atoms with van der Waals surface area (Å²) in [5, 5.41) is 3.71. The fraction of sp³-hybridized carbons (Fsp3) is 0.125. The van der Waals surface area contributed by atoms with E-state index in [9.17, 15) is 4.79 Å². The van der Waals surface area contributed by atoms with Gasteiger partial charge < -0.3 is 10.2 Å². The van der Waals surface area contributed by atoms with Crippen molar-refractivity contribution in [3.8, 4) is 0 Å². The van der Waals surface area contributed by atoms with Gasteiger partial charge in [-0.2, -0.15) is 0 Å². The van der Waals surface area contributed by atoms with Gasteiger partial charge in [0.1, 0.15) is 0 Å². The van der Waals surface area contributed by atoms with Gasteiger partial charge in [0.2, 0.25) is 5.95 Å². The average molecular weight is 280 g/mol. The third kappa shape index (κ3) is 2.72. The maximum absolute atomic E-state index is 12.0. The molecule has 0 aliphatic rings. The Kier molecular flexibility index (Phi) is 3.31. The Morgan fingerprint density at radius 2 is 1.76 bits per heavy atom. The number of aromatic amines is 1. The lowest BCUT2D eigenvalue weighted by molar-refractivity contribution is 1.13. The molecule has 106 valence electrons. The lowest BCUT2D eigenvalue weighted by Crippen LogP contribution is -2.11. The summed E-state index contributed by atoms with van der Waals surface area (Å²) >= 11 is 0. The topological polar surface area (TPSA) is 61.0 Å². The number of aromatic nitrogens is 2. The smallest absolute Gasteiger partial charge is 0.260 e. The molecule has 0 aliphatic heterocycles. The predicted octanol–water partition coefficient (Wildman–Crippen LogP) is 2.73. The molecule has 1 heterocycles. The average Bonchev–Trinajstić information content (AvgIpc) is 2.48. The predicted molar refractivity (Wildman–Crippen MR) is 86.4 cm³/mol. The first-order chi connectivity index (χ1) is 10.1. The van der Waals surface area contributed by atoms with Crippen molar-refractivity contribution in [2.75, 3.05) is 24.3 Å². The molecule has 0 saturated carbocycles. The highest BCUT2D eigenvalue weighted by Crippen LogP contribution is 2.18. The number of nitrogens with one attached hydrogen (secondary N) is 2. The van der Waals surface area contributed by atoms with Crippen molar-refractivity contribution in [1.29, 1.82) is 0 Å². The molecular formula is C16H16N4O. The Morgan fingerprint density at radius 3 is 2.48 bits per heavy atom. The largest absolute Gasteiger partial charge is 0.378 e. The Morgan fingerprint density at radius 1 is 1.05 bits per heavy atom. The molecule has 0 spiro atoms. The number of rotatable bonds is 3. The quantitative estimate of drug-likeness (QED) is 0.774. The van der Waals surface area contributed by atoms with E-state index < -0.39 is 0 Å². The van der Waals surface area contributed by atoms with Crippen LogP contribution in [0.25, 0.3) is 10.9 Å². The van der Waals surface area contributed by atoms with Crippen LogP contribution in [-0.4, -0.2) is 24.1 Å². The molecular weight excluding hydrogens is 264 g/mol. The van der Waals surface area contributed by atoms with Crippen molar-refractivity contribution >= 4 is 28.2 Å². The SMILES string of the molecule is CN(C)c1ccc(Nc2nc3ccccc3c(=O)[nH]2)cc1. The van der Waals surface area contributed by atoms with Gasteiger partial charge >= 0.3 is 0 Å². The molecule has 1 aromatic heterocycles. The molecule has 0 bridgehead atoms. The van der Waals surface area contributed by atoms with E-state index in [1.807, 2.05) is 61.5 Å². The van der Waals surface area contributed by atoms with Crippen LogP contribution in [0.5, 0.6) is 0 Å². The number of fused-ring (bicyclic) bond motifs is 1. The zero-order chi connectivity index (χ0) is 14.8. The van der Waals surface area contributed by atoms with Crippen molar-refractivity contribution in [2.45, 2.75) is 0 Å². The van der Waals surface area contributed by atoms with Crippen molar-refractivity contribution < 1.29 is 0 Å².